The molecule has 0 bridgehead atoms. The first-order valence-corrected chi connectivity index (χ1v) is 7.58. The zero-order chi connectivity index (χ0) is 17.3. The van der Waals surface area contributed by atoms with Gasteiger partial charge in [-0.3, -0.25) is 9.78 Å². The molecule has 126 valence electrons. The van der Waals surface area contributed by atoms with Crippen molar-refractivity contribution in [2.75, 3.05) is 26.8 Å². The Labute approximate surface area is 138 Å². The molecule has 2 heterocycles. The highest BCUT2D eigenvalue weighted by Gasteiger charge is 2.30. The number of carbonyl (C=O) groups is 2. The summed E-state index contributed by atoms with van der Waals surface area (Å²) in [6.07, 6.45) is -0.994. The maximum atomic E-state index is 12.9. The van der Waals surface area contributed by atoms with Gasteiger partial charge in [0.05, 0.1) is 31.3 Å². The topological polar surface area (TPSA) is 89.0 Å². The summed E-state index contributed by atoms with van der Waals surface area (Å²) in [7, 11) is 1.56. The van der Waals surface area contributed by atoms with E-state index in [1.807, 2.05) is 6.92 Å². The summed E-state index contributed by atoms with van der Waals surface area (Å²) in [6.45, 7) is 2.41. The molecule has 7 heteroatoms. The summed E-state index contributed by atoms with van der Waals surface area (Å²) in [4.78, 5) is 30.0. The number of hydrogen-bond donors (Lipinski definition) is 1. The Hall–Kier alpha value is -2.67. The van der Waals surface area contributed by atoms with Gasteiger partial charge in [-0.05, 0) is 31.2 Å². The number of ether oxygens (including phenoxy) is 2. The molecule has 2 aromatic rings. The SMILES string of the molecule is COc1ccc2nc(C)cc(C(=O)N3CCOC(C(=O)O)C3)c2c1. The molecule has 1 unspecified atom stereocenters. The molecule has 1 aliphatic heterocycles. The first kappa shape index (κ1) is 16.2. The zero-order valence-corrected chi connectivity index (χ0v) is 13.5. The Morgan fingerprint density at radius 1 is 1.38 bits per heavy atom. The van der Waals surface area contributed by atoms with Crippen molar-refractivity contribution in [1.29, 1.82) is 0 Å². The van der Waals surface area contributed by atoms with Crippen molar-refractivity contribution in [2.24, 2.45) is 0 Å². The van der Waals surface area contributed by atoms with Gasteiger partial charge < -0.3 is 19.5 Å². The van der Waals surface area contributed by atoms with Crippen LogP contribution in [0.4, 0.5) is 0 Å². The van der Waals surface area contributed by atoms with Gasteiger partial charge in [-0.2, -0.15) is 0 Å². The van der Waals surface area contributed by atoms with E-state index in [1.54, 1.807) is 31.4 Å². The Morgan fingerprint density at radius 2 is 2.17 bits per heavy atom. The van der Waals surface area contributed by atoms with Crippen molar-refractivity contribution in [3.05, 3.63) is 35.5 Å². The maximum absolute atomic E-state index is 12.9. The fourth-order valence-electron chi connectivity index (χ4n) is 2.79. The lowest BCUT2D eigenvalue weighted by Crippen LogP contribution is -2.48. The van der Waals surface area contributed by atoms with Crippen LogP contribution < -0.4 is 4.74 Å². The third-order valence-corrected chi connectivity index (χ3v) is 4.00. The largest absolute Gasteiger partial charge is 0.497 e. The minimum atomic E-state index is -1.06. The Kier molecular flexibility index (Phi) is 4.35. The monoisotopic (exact) mass is 330 g/mol. The van der Waals surface area contributed by atoms with E-state index in [1.165, 1.54) is 4.90 Å². The number of benzene rings is 1. The van der Waals surface area contributed by atoms with Gasteiger partial charge in [-0.1, -0.05) is 0 Å². The minimum Gasteiger partial charge on any atom is -0.497 e. The fourth-order valence-corrected chi connectivity index (χ4v) is 2.79. The number of amides is 1. The third kappa shape index (κ3) is 3.03. The molecule has 1 aromatic carbocycles. The average Bonchev–Trinajstić information content (AvgIpc) is 2.60. The summed E-state index contributed by atoms with van der Waals surface area (Å²) in [5, 5.41) is 9.79. The van der Waals surface area contributed by atoms with Gasteiger partial charge in [0.25, 0.3) is 5.91 Å². The van der Waals surface area contributed by atoms with Crippen LogP contribution in [0.5, 0.6) is 5.75 Å². The van der Waals surface area contributed by atoms with E-state index < -0.39 is 12.1 Å². The van der Waals surface area contributed by atoms with Gasteiger partial charge in [0.2, 0.25) is 0 Å². The van der Waals surface area contributed by atoms with Gasteiger partial charge in [-0.25, -0.2) is 4.79 Å². The van der Waals surface area contributed by atoms with Gasteiger partial charge in [0, 0.05) is 17.6 Å². The molecule has 0 aliphatic carbocycles. The smallest absolute Gasteiger partial charge is 0.334 e. The normalized spacial score (nSPS) is 17.8. The second kappa shape index (κ2) is 6.45. The first-order chi connectivity index (χ1) is 11.5. The summed E-state index contributed by atoms with van der Waals surface area (Å²) in [5.74, 6) is -0.661. The molecule has 1 aliphatic rings. The Balaban J connectivity index is 2.01. The summed E-state index contributed by atoms with van der Waals surface area (Å²) >= 11 is 0. The maximum Gasteiger partial charge on any atom is 0.334 e. The van der Waals surface area contributed by atoms with E-state index in [4.69, 9.17) is 14.6 Å². The average molecular weight is 330 g/mol. The van der Waals surface area contributed by atoms with Crippen LogP contribution in [0.1, 0.15) is 16.1 Å². The number of aryl methyl sites for hydroxylation is 1. The molecule has 1 amide bonds. The highest BCUT2D eigenvalue weighted by molar-refractivity contribution is 6.06. The van der Waals surface area contributed by atoms with Crippen molar-refractivity contribution in [3.63, 3.8) is 0 Å². The second-order valence-corrected chi connectivity index (χ2v) is 5.64. The molecular formula is C17H18N2O5. The molecule has 0 spiro atoms. The number of morpholine rings is 1. The zero-order valence-electron chi connectivity index (χ0n) is 13.5. The van der Waals surface area contributed by atoms with Crippen LogP contribution in [-0.4, -0.2) is 59.8 Å². The molecule has 0 saturated carbocycles. The number of hydrogen-bond acceptors (Lipinski definition) is 5. The molecule has 1 atom stereocenters. The van der Waals surface area contributed by atoms with Crippen molar-refractivity contribution in [1.82, 2.24) is 9.88 Å². The highest BCUT2D eigenvalue weighted by Crippen LogP contribution is 2.25. The first-order valence-electron chi connectivity index (χ1n) is 7.58. The number of aliphatic carboxylic acids is 1. The minimum absolute atomic E-state index is 0.0288. The van der Waals surface area contributed by atoms with E-state index >= 15 is 0 Å². The number of carboxylic acids is 1. The standard InChI is InChI=1S/C17H18N2O5/c1-10-7-13(12-8-11(23-2)3-4-14(12)18-10)16(20)19-5-6-24-15(9-19)17(21)22/h3-4,7-8,15H,5-6,9H2,1-2H3,(H,21,22). The number of methoxy groups -OCH3 is 1. The van der Waals surface area contributed by atoms with Crippen molar-refractivity contribution >= 4 is 22.8 Å². The number of carboxylic acid groups (broad SMARTS) is 1. The fraction of sp³-hybridized carbons (Fsp3) is 0.353. The van der Waals surface area contributed by atoms with Crippen LogP contribution in [0.25, 0.3) is 10.9 Å². The van der Waals surface area contributed by atoms with Crippen LogP contribution in [0, 0.1) is 6.92 Å². The third-order valence-electron chi connectivity index (χ3n) is 4.00. The quantitative estimate of drug-likeness (QED) is 0.917. The number of fused-ring (bicyclic) bond motifs is 1. The van der Waals surface area contributed by atoms with E-state index in [2.05, 4.69) is 4.98 Å². The number of carbonyl (C=O) groups excluding carboxylic acids is 1. The molecule has 3 rings (SSSR count). The lowest BCUT2D eigenvalue weighted by Gasteiger charge is -2.31. The molecule has 0 radical (unpaired) electrons. The van der Waals surface area contributed by atoms with E-state index in [0.717, 1.165) is 5.69 Å². The molecule has 1 fully saturated rings. The highest BCUT2D eigenvalue weighted by atomic mass is 16.5. The van der Waals surface area contributed by atoms with Crippen LogP contribution in [0.15, 0.2) is 24.3 Å². The Morgan fingerprint density at radius 3 is 2.88 bits per heavy atom. The molecule has 24 heavy (non-hydrogen) atoms. The van der Waals surface area contributed by atoms with Crippen LogP contribution >= 0.6 is 0 Å². The lowest BCUT2D eigenvalue weighted by molar-refractivity contribution is -0.154. The van der Waals surface area contributed by atoms with Crippen molar-refractivity contribution in [2.45, 2.75) is 13.0 Å². The number of nitrogens with zero attached hydrogens (tertiary/aromatic N) is 2. The molecule has 1 saturated heterocycles. The van der Waals surface area contributed by atoms with Crippen molar-refractivity contribution < 1.29 is 24.2 Å². The van der Waals surface area contributed by atoms with E-state index in [9.17, 15) is 9.59 Å². The summed E-state index contributed by atoms with van der Waals surface area (Å²) in [5.41, 5.74) is 1.91. The predicted octanol–water partition coefficient (Wildman–Crippen LogP) is 1.48. The van der Waals surface area contributed by atoms with Gasteiger partial charge in [0.15, 0.2) is 6.10 Å². The van der Waals surface area contributed by atoms with Gasteiger partial charge in [0.1, 0.15) is 5.75 Å². The van der Waals surface area contributed by atoms with Crippen molar-refractivity contribution in [3.8, 4) is 5.75 Å². The van der Waals surface area contributed by atoms with Crippen LogP contribution in [0.3, 0.4) is 0 Å². The molecule has 1 N–H and O–H groups in total. The van der Waals surface area contributed by atoms with Gasteiger partial charge >= 0.3 is 5.97 Å². The molecule has 7 nitrogen and oxygen atoms in total. The van der Waals surface area contributed by atoms with Crippen LogP contribution in [0.2, 0.25) is 0 Å². The van der Waals surface area contributed by atoms with Gasteiger partial charge in [-0.15, -0.1) is 0 Å². The number of pyridine rings is 1. The molecular weight excluding hydrogens is 312 g/mol. The van der Waals surface area contributed by atoms with E-state index in [0.29, 0.717) is 28.8 Å². The Bertz CT molecular complexity index is 805. The predicted molar refractivity (Wildman–Crippen MR) is 86.3 cm³/mol. The van der Waals surface area contributed by atoms with E-state index in [-0.39, 0.29) is 19.1 Å². The number of aromatic nitrogens is 1. The lowest BCUT2D eigenvalue weighted by atomic mass is 10.1. The summed E-state index contributed by atoms with van der Waals surface area (Å²) in [6, 6.07) is 7.08. The number of rotatable bonds is 3. The molecule has 1 aromatic heterocycles. The second-order valence-electron chi connectivity index (χ2n) is 5.64. The summed E-state index contributed by atoms with van der Waals surface area (Å²) < 4.78 is 10.4. The van der Waals surface area contributed by atoms with Crippen LogP contribution in [-0.2, 0) is 9.53 Å².